The molecule has 0 N–H and O–H groups in total. The molecule has 1 aromatic carbocycles. The lowest BCUT2D eigenvalue weighted by Gasteiger charge is -2.00. The molecule has 2 aromatic rings. The van der Waals surface area contributed by atoms with Gasteiger partial charge in [-0.15, -0.1) is 0 Å². The molecule has 0 saturated carbocycles. The molecule has 2 nitrogen and oxygen atoms in total. The molecule has 3 heteroatoms. The number of aromatic nitrogens is 1. The average molecular weight is 221 g/mol. The van der Waals surface area contributed by atoms with Crippen LogP contribution < -0.4 is 0 Å². The van der Waals surface area contributed by atoms with E-state index in [0.717, 1.165) is 28.0 Å². The third-order valence-corrected chi connectivity index (χ3v) is 3.06. The Bertz CT molecular complexity index is 403. The van der Waals surface area contributed by atoms with Crippen LogP contribution in [0.3, 0.4) is 0 Å². The molecule has 1 aromatic heterocycles. The number of para-hydroxylation sites is 2. The molecule has 0 bridgehead atoms. The second-order valence-electron chi connectivity index (χ2n) is 3.98. The predicted octanol–water partition coefficient (Wildman–Crippen LogP) is 3.97. The maximum absolute atomic E-state index is 5.60. The second kappa shape index (κ2) is 4.71. The van der Waals surface area contributed by atoms with E-state index in [9.17, 15) is 0 Å². The van der Waals surface area contributed by atoms with Crippen LogP contribution in [0.4, 0.5) is 0 Å². The number of hydrogen-bond donors (Lipinski definition) is 0. The van der Waals surface area contributed by atoms with Crippen molar-refractivity contribution >= 4 is 22.9 Å². The first-order valence-corrected chi connectivity index (χ1v) is 6.22. The Hall–Kier alpha value is -0.960. The Morgan fingerprint density at radius 2 is 2.13 bits per heavy atom. The van der Waals surface area contributed by atoms with Crippen LogP contribution in [-0.4, -0.2) is 10.7 Å². The zero-order valence-corrected chi connectivity index (χ0v) is 9.88. The molecule has 80 valence electrons. The minimum absolute atomic E-state index is 0.738. The first-order chi connectivity index (χ1) is 7.25. The largest absolute Gasteiger partial charge is 0.431 e. The predicted molar refractivity (Wildman–Crippen MR) is 64.2 cm³/mol. The number of rotatable bonds is 4. The molecule has 0 atom stereocenters. The molecule has 1 heterocycles. The van der Waals surface area contributed by atoms with Gasteiger partial charge in [0.15, 0.2) is 5.58 Å². The fourth-order valence-corrected chi connectivity index (χ4v) is 2.37. The van der Waals surface area contributed by atoms with Gasteiger partial charge in [-0.3, -0.25) is 0 Å². The van der Waals surface area contributed by atoms with Crippen LogP contribution in [0.25, 0.3) is 11.1 Å². The molecule has 0 fully saturated rings. The highest BCUT2D eigenvalue weighted by Crippen LogP contribution is 2.24. The number of benzene rings is 1. The van der Waals surface area contributed by atoms with Crippen LogP contribution in [0.15, 0.2) is 33.9 Å². The number of oxazole rings is 1. The Morgan fingerprint density at radius 3 is 2.87 bits per heavy atom. The van der Waals surface area contributed by atoms with Crippen LogP contribution in [0, 0.1) is 5.92 Å². The van der Waals surface area contributed by atoms with Crippen LogP contribution in [0.5, 0.6) is 0 Å². The highest BCUT2D eigenvalue weighted by molar-refractivity contribution is 7.99. The summed E-state index contributed by atoms with van der Waals surface area (Å²) in [6.07, 6.45) is 1.20. The zero-order chi connectivity index (χ0) is 10.7. The summed E-state index contributed by atoms with van der Waals surface area (Å²) >= 11 is 1.70. The van der Waals surface area contributed by atoms with E-state index in [1.807, 2.05) is 24.3 Å². The minimum Gasteiger partial charge on any atom is -0.431 e. The van der Waals surface area contributed by atoms with Crippen molar-refractivity contribution in [3.8, 4) is 0 Å². The van der Waals surface area contributed by atoms with Crippen molar-refractivity contribution in [1.82, 2.24) is 4.98 Å². The average Bonchev–Trinajstić information content (AvgIpc) is 2.59. The number of nitrogens with zero attached hydrogens (tertiary/aromatic N) is 1. The highest BCUT2D eigenvalue weighted by atomic mass is 32.2. The molecule has 2 rings (SSSR count). The zero-order valence-electron chi connectivity index (χ0n) is 9.06. The summed E-state index contributed by atoms with van der Waals surface area (Å²) in [6.45, 7) is 4.46. The van der Waals surface area contributed by atoms with Gasteiger partial charge in [0.2, 0.25) is 0 Å². The fourth-order valence-electron chi connectivity index (χ4n) is 1.29. The molecule has 0 aliphatic heterocycles. The van der Waals surface area contributed by atoms with Gasteiger partial charge in [-0.25, -0.2) is 4.98 Å². The van der Waals surface area contributed by atoms with E-state index in [4.69, 9.17) is 4.42 Å². The Labute approximate surface area is 94.1 Å². The van der Waals surface area contributed by atoms with Crippen molar-refractivity contribution in [1.29, 1.82) is 0 Å². The lowest BCUT2D eigenvalue weighted by atomic mass is 10.2. The summed E-state index contributed by atoms with van der Waals surface area (Å²) in [5, 5.41) is 0.789. The van der Waals surface area contributed by atoms with Gasteiger partial charge < -0.3 is 4.42 Å². The first kappa shape index (κ1) is 10.6. The smallest absolute Gasteiger partial charge is 0.256 e. The lowest BCUT2D eigenvalue weighted by molar-refractivity contribution is 0.488. The van der Waals surface area contributed by atoms with Gasteiger partial charge in [0, 0.05) is 5.75 Å². The lowest BCUT2D eigenvalue weighted by Crippen LogP contribution is -1.88. The van der Waals surface area contributed by atoms with Crippen LogP contribution in [0.2, 0.25) is 0 Å². The van der Waals surface area contributed by atoms with Gasteiger partial charge in [-0.2, -0.15) is 0 Å². The normalized spacial score (nSPS) is 11.4. The molecule has 0 radical (unpaired) electrons. The standard InChI is InChI=1S/C12H15NOS/c1-9(2)7-8-15-12-13-10-5-3-4-6-11(10)14-12/h3-6,9H,7-8H2,1-2H3. The quantitative estimate of drug-likeness (QED) is 0.731. The molecule has 0 aliphatic rings. The van der Waals surface area contributed by atoms with E-state index in [0.29, 0.717) is 0 Å². The third-order valence-electron chi connectivity index (χ3n) is 2.20. The van der Waals surface area contributed by atoms with Gasteiger partial charge in [0.05, 0.1) is 0 Å². The van der Waals surface area contributed by atoms with Gasteiger partial charge in [-0.05, 0) is 24.5 Å². The Balaban J connectivity index is 2.03. The molecule has 0 amide bonds. The van der Waals surface area contributed by atoms with Gasteiger partial charge in [0.1, 0.15) is 5.52 Å². The summed E-state index contributed by atoms with van der Waals surface area (Å²) in [6, 6.07) is 7.88. The molecular weight excluding hydrogens is 206 g/mol. The van der Waals surface area contributed by atoms with Crippen LogP contribution in [0.1, 0.15) is 20.3 Å². The number of fused-ring (bicyclic) bond motifs is 1. The fraction of sp³-hybridized carbons (Fsp3) is 0.417. The van der Waals surface area contributed by atoms with E-state index in [2.05, 4.69) is 18.8 Å². The van der Waals surface area contributed by atoms with Crippen LogP contribution >= 0.6 is 11.8 Å². The summed E-state index contributed by atoms with van der Waals surface area (Å²) in [4.78, 5) is 4.41. The maximum atomic E-state index is 5.60. The van der Waals surface area contributed by atoms with E-state index < -0.39 is 0 Å². The van der Waals surface area contributed by atoms with Crippen LogP contribution in [-0.2, 0) is 0 Å². The SMILES string of the molecule is CC(C)CCSc1nc2ccccc2o1. The summed E-state index contributed by atoms with van der Waals surface area (Å²) in [5.74, 6) is 1.81. The van der Waals surface area contributed by atoms with Crippen molar-refractivity contribution in [3.63, 3.8) is 0 Å². The molecule has 0 unspecified atom stereocenters. The topological polar surface area (TPSA) is 26.0 Å². The molecular formula is C12H15NOS. The van der Waals surface area contributed by atoms with Crippen molar-refractivity contribution < 1.29 is 4.42 Å². The Morgan fingerprint density at radius 1 is 1.33 bits per heavy atom. The number of thioether (sulfide) groups is 1. The third kappa shape index (κ3) is 2.75. The van der Waals surface area contributed by atoms with Gasteiger partial charge >= 0.3 is 0 Å². The van der Waals surface area contributed by atoms with E-state index in [-0.39, 0.29) is 0 Å². The minimum atomic E-state index is 0.738. The molecule has 0 spiro atoms. The highest BCUT2D eigenvalue weighted by Gasteiger charge is 2.05. The van der Waals surface area contributed by atoms with E-state index in [1.165, 1.54) is 6.42 Å². The van der Waals surface area contributed by atoms with E-state index in [1.54, 1.807) is 11.8 Å². The summed E-state index contributed by atoms with van der Waals surface area (Å²) in [7, 11) is 0. The molecule has 15 heavy (non-hydrogen) atoms. The summed E-state index contributed by atoms with van der Waals surface area (Å²) < 4.78 is 5.60. The molecule has 0 aliphatic carbocycles. The van der Waals surface area contributed by atoms with Crippen molar-refractivity contribution in [3.05, 3.63) is 24.3 Å². The van der Waals surface area contributed by atoms with Crippen molar-refractivity contribution in [2.75, 3.05) is 5.75 Å². The van der Waals surface area contributed by atoms with Crippen molar-refractivity contribution in [2.45, 2.75) is 25.5 Å². The number of hydrogen-bond acceptors (Lipinski definition) is 3. The van der Waals surface area contributed by atoms with Crippen molar-refractivity contribution in [2.24, 2.45) is 5.92 Å². The van der Waals surface area contributed by atoms with Gasteiger partial charge in [-0.1, -0.05) is 37.7 Å². The Kier molecular flexibility index (Phi) is 3.31. The van der Waals surface area contributed by atoms with E-state index >= 15 is 0 Å². The summed E-state index contributed by atoms with van der Waals surface area (Å²) in [5.41, 5.74) is 1.83. The van der Waals surface area contributed by atoms with Gasteiger partial charge in [0.25, 0.3) is 5.22 Å². The maximum Gasteiger partial charge on any atom is 0.256 e. The second-order valence-corrected chi connectivity index (χ2v) is 5.02. The monoisotopic (exact) mass is 221 g/mol. The first-order valence-electron chi connectivity index (χ1n) is 5.24. The molecule has 0 saturated heterocycles.